The number of carbonyl (C=O) groups excluding carboxylic acids is 1. The summed E-state index contributed by atoms with van der Waals surface area (Å²) in [6.07, 6.45) is 4.64. The topological polar surface area (TPSA) is 106 Å². The van der Waals surface area contributed by atoms with Gasteiger partial charge in [-0.1, -0.05) is 6.07 Å². The molecule has 4 aromatic rings. The fourth-order valence-electron chi connectivity index (χ4n) is 3.78. The molecule has 11 heteroatoms. The van der Waals surface area contributed by atoms with Gasteiger partial charge in [0.2, 0.25) is 15.9 Å². The Labute approximate surface area is 221 Å². The maximum atomic E-state index is 15.3. The van der Waals surface area contributed by atoms with Crippen LogP contribution < -0.4 is 10.1 Å². The molecule has 0 atom stereocenters. The second-order valence-electron chi connectivity index (χ2n) is 10.1. The Kier molecular flexibility index (Phi) is 7.26. The molecule has 0 unspecified atom stereocenters. The molecule has 2 aromatic heterocycles. The number of carbonyl (C=O) groups is 1. The van der Waals surface area contributed by atoms with E-state index in [9.17, 15) is 13.2 Å². The molecule has 38 heavy (non-hydrogen) atoms. The minimum Gasteiger partial charge on any atom is -0.456 e. The van der Waals surface area contributed by atoms with Crippen LogP contribution in [0.3, 0.4) is 0 Å². The number of nitrogens with one attached hydrogen (secondary N) is 1. The summed E-state index contributed by atoms with van der Waals surface area (Å²) >= 11 is 0. The Morgan fingerprint density at radius 2 is 1.87 bits per heavy atom. The van der Waals surface area contributed by atoms with Crippen LogP contribution in [0.25, 0.3) is 10.9 Å². The van der Waals surface area contributed by atoms with Gasteiger partial charge in [0.15, 0.2) is 0 Å². The molecule has 1 amide bonds. The standard InChI is InChI=1S/C27H30FN5O4S/c1-17-23(37-24-11-12-29-22-9-8-20(14-21(22)24)38(35,36)32(5)6)10-7-18(26(17)28)13-25(34)31-19-15-30-33(16-19)27(2,3)4/h7-12,14-16H,13H2,1-6H3,(H,31,34). The van der Waals surface area contributed by atoms with Gasteiger partial charge in [-0.2, -0.15) is 5.10 Å². The summed E-state index contributed by atoms with van der Waals surface area (Å²) in [4.78, 5) is 16.9. The Morgan fingerprint density at radius 3 is 2.53 bits per heavy atom. The van der Waals surface area contributed by atoms with Crippen LogP contribution in [0, 0.1) is 12.7 Å². The van der Waals surface area contributed by atoms with E-state index in [1.54, 1.807) is 42.2 Å². The zero-order valence-corrected chi connectivity index (χ0v) is 22.9. The predicted octanol–water partition coefficient (Wildman–Crippen LogP) is 4.86. The Morgan fingerprint density at radius 1 is 1.13 bits per heavy atom. The number of amides is 1. The highest BCUT2D eigenvalue weighted by atomic mass is 32.2. The minimum absolute atomic E-state index is 0.0881. The first-order valence-electron chi connectivity index (χ1n) is 11.9. The molecule has 0 fully saturated rings. The average molecular weight is 540 g/mol. The lowest BCUT2D eigenvalue weighted by Crippen LogP contribution is -2.22. The van der Waals surface area contributed by atoms with E-state index in [1.807, 2.05) is 20.8 Å². The molecule has 200 valence electrons. The number of sulfonamides is 1. The quantitative estimate of drug-likeness (QED) is 0.360. The van der Waals surface area contributed by atoms with Gasteiger partial charge in [0.25, 0.3) is 0 Å². The van der Waals surface area contributed by atoms with Gasteiger partial charge in [-0.25, -0.2) is 17.1 Å². The van der Waals surface area contributed by atoms with Crippen molar-refractivity contribution in [3.8, 4) is 11.5 Å². The van der Waals surface area contributed by atoms with E-state index in [4.69, 9.17) is 4.74 Å². The van der Waals surface area contributed by atoms with Crippen molar-refractivity contribution in [3.63, 3.8) is 0 Å². The maximum absolute atomic E-state index is 15.3. The highest BCUT2D eigenvalue weighted by Crippen LogP contribution is 2.34. The third kappa shape index (κ3) is 5.53. The normalized spacial score (nSPS) is 12.2. The minimum atomic E-state index is -3.67. The van der Waals surface area contributed by atoms with E-state index < -0.39 is 15.8 Å². The molecule has 4 rings (SSSR count). The van der Waals surface area contributed by atoms with Crippen LogP contribution in [0.15, 0.2) is 59.9 Å². The number of hydrogen-bond donors (Lipinski definition) is 1. The molecule has 0 bridgehead atoms. The molecule has 9 nitrogen and oxygen atoms in total. The Bertz CT molecular complexity index is 1620. The summed E-state index contributed by atoms with van der Waals surface area (Å²) < 4.78 is 49.4. The summed E-state index contributed by atoms with van der Waals surface area (Å²) in [7, 11) is -0.769. The number of benzene rings is 2. The number of nitrogens with zero attached hydrogens (tertiary/aromatic N) is 4. The Hall–Kier alpha value is -3.83. The van der Waals surface area contributed by atoms with Crippen molar-refractivity contribution in [2.75, 3.05) is 19.4 Å². The molecular formula is C27H30FN5O4S. The number of fused-ring (bicyclic) bond motifs is 1. The molecule has 0 aliphatic heterocycles. The zero-order chi connectivity index (χ0) is 27.8. The molecule has 1 N–H and O–H groups in total. The molecule has 2 heterocycles. The van der Waals surface area contributed by atoms with E-state index in [1.165, 1.54) is 38.5 Å². The average Bonchev–Trinajstić information content (AvgIpc) is 3.32. The predicted molar refractivity (Wildman–Crippen MR) is 143 cm³/mol. The van der Waals surface area contributed by atoms with E-state index in [-0.39, 0.29) is 39.6 Å². The van der Waals surface area contributed by atoms with E-state index >= 15 is 4.39 Å². The van der Waals surface area contributed by atoms with Crippen LogP contribution in [-0.2, 0) is 26.8 Å². The van der Waals surface area contributed by atoms with Gasteiger partial charge in [0.05, 0.1) is 34.3 Å². The van der Waals surface area contributed by atoms with Crippen molar-refractivity contribution in [2.24, 2.45) is 0 Å². The first kappa shape index (κ1) is 27.2. The number of rotatable bonds is 7. The molecule has 0 saturated heterocycles. The maximum Gasteiger partial charge on any atom is 0.242 e. The van der Waals surface area contributed by atoms with Crippen LogP contribution in [0.1, 0.15) is 31.9 Å². The van der Waals surface area contributed by atoms with Gasteiger partial charge in [0, 0.05) is 37.4 Å². The highest BCUT2D eigenvalue weighted by Gasteiger charge is 2.20. The monoisotopic (exact) mass is 539 g/mol. The van der Waals surface area contributed by atoms with Gasteiger partial charge in [0.1, 0.15) is 17.3 Å². The van der Waals surface area contributed by atoms with Crippen molar-refractivity contribution < 1.29 is 22.3 Å². The van der Waals surface area contributed by atoms with Crippen molar-refractivity contribution in [2.45, 2.75) is 44.6 Å². The van der Waals surface area contributed by atoms with Crippen LogP contribution in [0.2, 0.25) is 0 Å². The fraction of sp³-hybridized carbons (Fsp3) is 0.296. The summed E-state index contributed by atoms with van der Waals surface area (Å²) in [5.41, 5.74) is 1.26. The zero-order valence-electron chi connectivity index (χ0n) is 22.1. The van der Waals surface area contributed by atoms with Crippen LogP contribution in [-0.4, -0.2) is 47.5 Å². The first-order chi connectivity index (χ1) is 17.8. The summed E-state index contributed by atoms with van der Waals surface area (Å²) in [6.45, 7) is 7.54. The van der Waals surface area contributed by atoms with Crippen molar-refractivity contribution >= 4 is 32.5 Å². The van der Waals surface area contributed by atoms with Gasteiger partial charge >= 0.3 is 0 Å². The molecule has 0 saturated carbocycles. The van der Waals surface area contributed by atoms with Crippen molar-refractivity contribution in [1.29, 1.82) is 0 Å². The highest BCUT2D eigenvalue weighted by molar-refractivity contribution is 7.89. The summed E-state index contributed by atoms with van der Waals surface area (Å²) in [5.74, 6) is -0.362. The van der Waals surface area contributed by atoms with Gasteiger partial charge in [-0.05, 0) is 63.6 Å². The third-order valence-electron chi connectivity index (χ3n) is 5.99. The number of hydrogen-bond acceptors (Lipinski definition) is 6. The molecule has 0 radical (unpaired) electrons. The molecule has 0 aliphatic carbocycles. The Balaban J connectivity index is 1.56. The second kappa shape index (κ2) is 10.1. The van der Waals surface area contributed by atoms with E-state index in [0.717, 1.165) is 4.31 Å². The molecular weight excluding hydrogens is 509 g/mol. The number of aromatic nitrogens is 3. The van der Waals surface area contributed by atoms with Gasteiger partial charge in [-0.15, -0.1) is 0 Å². The lowest BCUT2D eigenvalue weighted by atomic mass is 10.1. The van der Waals surface area contributed by atoms with Crippen LogP contribution in [0.5, 0.6) is 11.5 Å². The van der Waals surface area contributed by atoms with Crippen LogP contribution >= 0.6 is 0 Å². The summed E-state index contributed by atoms with van der Waals surface area (Å²) in [5, 5.41) is 7.47. The number of ether oxygens (including phenoxy) is 1. The third-order valence-corrected chi connectivity index (χ3v) is 7.80. The first-order valence-corrected chi connectivity index (χ1v) is 13.3. The largest absolute Gasteiger partial charge is 0.456 e. The smallest absolute Gasteiger partial charge is 0.242 e. The molecule has 2 aromatic carbocycles. The number of halogens is 1. The fourth-order valence-corrected chi connectivity index (χ4v) is 4.71. The number of anilines is 1. The lowest BCUT2D eigenvalue weighted by Gasteiger charge is -2.18. The van der Waals surface area contributed by atoms with Crippen molar-refractivity contribution in [3.05, 3.63) is 71.9 Å². The SMILES string of the molecule is Cc1c(Oc2ccnc3ccc(S(=O)(=O)N(C)C)cc23)ccc(CC(=O)Nc2cnn(C(C)(C)C)c2)c1F. The van der Waals surface area contributed by atoms with Crippen LogP contribution in [0.4, 0.5) is 10.1 Å². The van der Waals surface area contributed by atoms with Gasteiger partial charge in [-0.3, -0.25) is 14.5 Å². The summed E-state index contributed by atoms with van der Waals surface area (Å²) in [6, 6.07) is 9.24. The number of pyridine rings is 1. The van der Waals surface area contributed by atoms with E-state index in [0.29, 0.717) is 22.3 Å². The molecule has 0 spiro atoms. The second-order valence-corrected chi connectivity index (χ2v) is 12.3. The van der Waals surface area contributed by atoms with E-state index in [2.05, 4.69) is 15.4 Å². The van der Waals surface area contributed by atoms with Crippen molar-refractivity contribution in [1.82, 2.24) is 19.1 Å². The van der Waals surface area contributed by atoms with Gasteiger partial charge < -0.3 is 10.1 Å². The molecule has 0 aliphatic rings. The lowest BCUT2D eigenvalue weighted by molar-refractivity contribution is -0.115.